The number of aromatic hydroxyl groups is 1. The first-order chi connectivity index (χ1) is 6.70. The first kappa shape index (κ1) is 14.3. The third-order valence-corrected chi connectivity index (χ3v) is 2.53. The molecule has 0 heterocycles. The van der Waals surface area contributed by atoms with Crippen molar-refractivity contribution in [2.75, 3.05) is 0 Å². The van der Waals surface area contributed by atoms with Gasteiger partial charge in [-0.15, -0.1) is 12.4 Å². The molecule has 86 valence electrons. The minimum atomic E-state index is -0.0356. The Morgan fingerprint density at radius 2 is 2.00 bits per heavy atom. The number of phenols is 1. The Balaban J connectivity index is 0.00000196. The molecule has 0 saturated heterocycles. The zero-order chi connectivity index (χ0) is 10.6. The smallest absolute Gasteiger partial charge is 0.123 e. The summed E-state index contributed by atoms with van der Waals surface area (Å²) >= 11 is 0. The summed E-state index contributed by atoms with van der Waals surface area (Å²) in [5.41, 5.74) is 7.83. The molecule has 0 aliphatic heterocycles. The van der Waals surface area contributed by atoms with Gasteiger partial charge in [0.2, 0.25) is 0 Å². The van der Waals surface area contributed by atoms with Crippen LogP contribution in [0.15, 0.2) is 18.2 Å². The van der Waals surface area contributed by atoms with Crippen molar-refractivity contribution < 1.29 is 5.11 Å². The van der Waals surface area contributed by atoms with Gasteiger partial charge < -0.3 is 10.8 Å². The molecule has 0 aromatic heterocycles. The largest absolute Gasteiger partial charge is 0.507 e. The average Bonchev–Trinajstić information content (AvgIpc) is 2.18. The van der Waals surface area contributed by atoms with Crippen LogP contribution in [0.1, 0.15) is 43.9 Å². The van der Waals surface area contributed by atoms with Gasteiger partial charge >= 0.3 is 0 Å². The Morgan fingerprint density at radius 3 is 2.53 bits per heavy atom. The maximum atomic E-state index is 9.91. The standard InChI is InChI=1S/C12H19NO.ClH/c1-3-6-11(13)10-8-5-7-9(4-2)12(10)14;/h5,7-8,11,14H,3-4,6,13H2,1-2H3;1H/t11-;/m1./s1. The molecule has 0 aliphatic rings. The minimum Gasteiger partial charge on any atom is -0.507 e. The molecule has 0 amide bonds. The van der Waals surface area contributed by atoms with E-state index < -0.39 is 0 Å². The first-order valence-electron chi connectivity index (χ1n) is 5.27. The minimum absolute atomic E-state index is 0. The molecular formula is C12H20ClNO. The Bertz CT molecular complexity index is 302. The monoisotopic (exact) mass is 229 g/mol. The third kappa shape index (κ3) is 3.40. The molecule has 0 saturated carbocycles. The normalized spacial score (nSPS) is 11.9. The van der Waals surface area contributed by atoms with E-state index in [9.17, 15) is 5.11 Å². The highest BCUT2D eigenvalue weighted by Crippen LogP contribution is 2.29. The van der Waals surface area contributed by atoms with Crippen molar-refractivity contribution in [2.45, 2.75) is 39.2 Å². The van der Waals surface area contributed by atoms with Crippen LogP contribution in [0, 0.1) is 0 Å². The van der Waals surface area contributed by atoms with Crippen molar-refractivity contribution in [1.82, 2.24) is 0 Å². The Labute approximate surface area is 97.9 Å². The van der Waals surface area contributed by atoms with Crippen molar-refractivity contribution in [3.8, 4) is 5.75 Å². The molecular weight excluding hydrogens is 210 g/mol. The lowest BCUT2D eigenvalue weighted by atomic mass is 9.98. The fourth-order valence-electron chi connectivity index (χ4n) is 1.66. The molecule has 0 aliphatic carbocycles. The van der Waals surface area contributed by atoms with Gasteiger partial charge in [0.15, 0.2) is 0 Å². The Kier molecular flexibility index (Phi) is 6.37. The molecule has 1 aromatic carbocycles. The zero-order valence-corrected chi connectivity index (χ0v) is 10.2. The van der Waals surface area contributed by atoms with Crippen LogP contribution in [0.25, 0.3) is 0 Å². The lowest BCUT2D eigenvalue weighted by Gasteiger charge is -2.14. The van der Waals surface area contributed by atoms with Gasteiger partial charge in [-0.05, 0) is 18.4 Å². The molecule has 3 heteroatoms. The summed E-state index contributed by atoms with van der Waals surface area (Å²) in [5, 5.41) is 9.91. The SMILES string of the molecule is CCC[C@@H](N)c1cccc(CC)c1O.Cl. The van der Waals surface area contributed by atoms with Gasteiger partial charge in [0.05, 0.1) is 0 Å². The highest BCUT2D eigenvalue weighted by atomic mass is 35.5. The van der Waals surface area contributed by atoms with Gasteiger partial charge in [-0.3, -0.25) is 0 Å². The second kappa shape index (κ2) is 6.70. The summed E-state index contributed by atoms with van der Waals surface area (Å²) in [5.74, 6) is 0.385. The summed E-state index contributed by atoms with van der Waals surface area (Å²) in [6.07, 6.45) is 2.80. The number of hydrogen-bond donors (Lipinski definition) is 2. The third-order valence-electron chi connectivity index (χ3n) is 2.53. The van der Waals surface area contributed by atoms with Crippen LogP contribution in [-0.2, 0) is 6.42 Å². The number of benzene rings is 1. The average molecular weight is 230 g/mol. The van der Waals surface area contributed by atoms with Gasteiger partial charge in [0.1, 0.15) is 5.75 Å². The number of hydrogen-bond acceptors (Lipinski definition) is 2. The lowest BCUT2D eigenvalue weighted by Crippen LogP contribution is -2.10. The number of para-hydroxylation sites is 1. The van der Waals surface area contributed by atoms with Crippen LogP contribution in [-0.4, -0.2) is 5.11 Å². The number of phenolic OH excluding ortho intramolecular Hbond substituents is 1. The molecule has 0 radical (unpaired) electrons. The maximum absolute atomic E-state index is 9.91. The molecule has 1 aromatic rings. The van der Waals surface area contributed by atoms with Crippen molar-refractivity contribution in [3.05, 3.63) is 29.3 Å². The number of rotatable bonds is 4. The lowest BCUT2D eigenvalue weighted by molar-refractivity contribution is 0.452. The quantitative estimate of drug-likeness (QED) is 0.833. The molecule has 0 spiro atoms. The van der Waals surface area contributed by atoms with E-state index in [2.05, 4.69) is 6.92 Å². The zero-order valence-electron chi connectivity index (χ0n) is 9.36. The summed E-state index contributed by atoms with van der Waals surface area (Å²) in [6, 6.07) is 5.78. The molecule has 0 unspecified atom stereocenters. The van der Waals surface area contributed by atoms with Crippen LogP contribution in [0.3, 0.4) is 0 Å². The summed E-state index contributed by atoms with van der Waals surface area (Å²) in [4.78, 5) is 0. The van der Waals surface area contributed by atoms with Gasteiger partial charge in [-0.25, -0.2) is 0 Å². The van der Waals surface area contributed by atoms with Crippen LogP contribution in [0.2, 0.25) is 0 Å². The molecule has 1 rings (SSSR count). The van der Waals surface area contributed by atoms with Crippen molar-refractivity contribution in [3.63, 3.8) is 0 Å². The molecule has 1 atom stereocenters. The fourth-order valence-corrected chi connectivity index (χ4v) is 1.66. The van der Waals surface area contributed by atoms with E-state index in [0.29, 0.717) is 5.75 Å². The molecule has 0 bridgehead atoms. The van der Waals surface area contributed by atoms with Crippen molar-refractivity contribution in [1.29, 1.82) is 0 Å². The highest BCUT2D eigenvalue weighted by Gasteiger charge is 2.11. The second-order valence-electron chi connectivity index (χ2n) is 3.60. The van der Waals surface area contributed by atoms with E-state index in [1.165, 1.54) is 0 Å². The van der Waals surface area contributed by atoms with Crippen LogP contribution in [0.4, 0.5) is 0 Å². The molecule has 15 heavy (non-hydrogen) atoms. The molecule has 2 nitrogen and oxygen atoms in total. The van der Waals surface area contributed by atoms with Crippen LogP contribution < -0.4 is 5.73 Å². The van der Waals surface area contributed by atoms with Gasteiger partial charge in [0.25, 0.3) is 0 Å². The van der Waals surface area contributed by atoms with Crippen molar-refractivity contribution in [2.24, 2.45) is 5.73 Å². The number of halogens is 1. The Morgan fingerprint density at radius 1 is 1.33 bits per heavy atom. The highest BCUT2D eigenvalue weighted by molar-refractivity contribution is 5.85. The van der Waals surface area contributed by atoms with E-state index in [1.807, 2.05) is 25.1 Å². The predicted molar refractivity (Wildman–Crippen MR) is 66.6 cm³/mol. The van der Waals surface area contributed by atoms with Crippen LogP contribution >= 0.6 is 12.4 Å². The van der Waals surface area contributed by atoms with E-state index in [0.717, 1.165) is 30.4 Å². The summed E-state index contributed by atoms with van der Waals surface area (Å²) in [6.45, 7) is 4.13. The molecule has 0 fully saturated rings. The van der Waals surface area contributed by atoms with Crippen LogP contribution in [0.5, 0.6) is 5.75 Å². The topological polar surface area (TPSA) is 46.2 Å². The number of aryl methyl sites for hydroxylation is 1. The van der Waals surface area contributed by atoms with E-state index in [1.54, 1.807) is 0 Å². The van der Waals surface area contributed by atoms with Gasteiger partial charge in [-0.1, -0.05) is 38.5 Å². The van der Waals surface area contributed by atoms with Gasteiger partial charge in [0, 0.05) is 11.6 Å². The van der Waals surface area contributed by atoms with E-state index in [4.69, 9.17) is 5.73 Å². The van der Waals surface area contributed by atoms with E-state index >= 15 is 0 Å². The van der Waals surface area contributed by atoms with E-state index in [-0.39, 0.29) is 18.4 Å². The maximum Gasteiger partial charge on any atom is 0.123 e. The first-order valence-corrected chi connectivity index (χ1v) is 5.27. The van der Waals surface area contributed by atoms with Gasteiger partial charge in [-0.2, -0.15) is 0 Å². The predicted octanol–water partition coefficient (Wildman–Crippen LogP) is 3.18. The summed E-state index contributed by atoms with van der Waals surface area (Å²) in [7, 11) is 0. The second-order valence-corrected chi connectivity index (χ2v) is 3.60. The Hall–Kier alpha value is -0.730. The number of nitrogens with two attached hydrogens (primary N) is 1. The molecule has 3 N–H and O–H groups in total. The summed E-state index contributed by atoms with van der Waals surface area (Å²) < 4.78 is 0. The van der Waals surface area contributed by atoms with Crippen molar-refractivity contribution >= 4 is 12.4 Å². The fraction of sp³-hybridized carbons (Fsp3) is 0.500.